The number of aromatic nitrogens is 4. The molecule has 0 spiro atoms. The molecule has 164 valence electrons. The van der Waals surface area contributed by atoms with Crippen molar-refractivity contribution in [1.82, 2.24) is 15.0 Å². The van der Waals surface area contributed by atoms with Crippen molar-refractivity contribution in [2.75, 3.05) is 0 Å². The number of hydrogen-bond donors (Lipinski definition) is 4. The second-order valence-corrected chi connectivity index (χ2v) is 6.75. The highest BCUT2D eigenvalue weighted by Gasteiger charge is 2.23. The molecule has 33 heavy (non-hydrogen) atoms. The minimum Gasteiger partial charge on any atom is -0.478 e. The summed E-state index contributed by atoms with van der Waals surface area (Å²) in [5.41, 5.74) is 11.9. The Balaban J connectivity index is 1.73. The first-order chi connectivity index (χ1) is 15.8. The number of aromatic carboxylic acids is 1. The number of imidazole rings is 1. The predicted molar refractivity (Wildman–Crippen MR) is 115 cm³/mol. The van der Waals surface area contributed by atoms with E-state index in [0.717, 1.165) is 0 Å². The van der Waals surface area contributed by atoms with Crippen LogP contribution in [0.25, 0.3) is 11.2 Å². The van der Waals surface area contributed by atoms with Crippen molar-refractivity contribution in [2.24, 2.45) is 16.5 Å². The van der Waals surface area contributed by atoms with Crippen molar-refractivity contribution < 1.29 is 24.4 Å². The quantitative estimate of drug-likeness (QED) is 0.253. The van der Waals surface area contributed by atoms with Gasteiger partial charge in [0.25, 0.3) is 0 Å². The van der Waals surface area contributed by atoms with Crippen LogP contribution in [0.1, 0.15) is 21.7 Å². The number of nitrogens with two attached hydrogens (primary N) is 2. The highest BCUT2D eigenvalue weighted by Crippen LogP contribution is 2.28. The van der Waals surface area contributed by atoms with Gasteiger partial charge in [-0.1, -0.05) is 6.07 Å². The zero-order chi connectivity index (χ0) is 23.5. The van der Waals surface area contributed by atoms with Crippen LogP contribution < -0.4 is 25.9 Å². The van der Waals surface area contributed by atoms with E-state index in [0.29, 0.717) is 28.4 Å². The van der Waals surface area contributed by atoms with Crippen molar-refractivity contribution in [2.45, 2.75) is 6.92 Å². The van der Waals surface area contributed by atoms with Crippen LogP contribution in [0.5, 0.6) is 23.4 Å². The fourth-order valence-electron chi connectivity index (χ4n) is 2.98. The van der Waals surface area contributed by atoms with Crippen molar-refractivity contribution in [1.29, 1.82) is 5.26 Å². The van der Waals surface area contributed by atoms with Gasteiger partial charge in [-0.25, -0.2) is 9.79 Å². The third kappa shape index (κ3) is 4.62. The zero-order valence-corrected chi connectivity index (χ0v) is 17.2. The molecule has 0 unspecified atom stereocenters. The van der Waals surface area contributed by atoms with Crippen LogP contribution in [0.2, 0.25) is 0 Å². The third-order valence-corrected chi connectivity index (χ3v) is 4.31. The van der Waals surface area contributed by atoms with Crippen molar-refractivity contribution in [3.63, 3.8) is 0 Å². The van der Waals surface area contributed by atoms with E-state index in [1.54, 1.807) is 31.2 Å². The first kappa shape index (κ1) is 21.1. The van der Waals surface area contributed by atoms with E-state index in [4.69, 9.17) is 26.2 Å². The number of nitrogens with zero attached hydrogens (tertiary/aromatic N) is 4. The first-order valence-electron chi connectivity index (χ1n) is 9.45. The summed E-state index contributed by atoms with van der Waals surface area (Å²) in [5, 5.41) is 18.5. The third-order valence-electron chi connectivity index (χ3n) is 4.31. The summed E-state index contributed by atoms with van der Waals surface area (Å²) in [6, 6.07) is 12.7. The number of carbonyl (C=O) groups is 1. The van der Waals surface area contributed by atoms with E-state index in [2.05, 4.69) is 24.9 Å². The molecule has 2 heterocycles. The summed E-state index contributed by atoms with van der Waals surface area (Å²) in [5.74, 6) is -0.00815. The lowest BCUT2D eigenvalue weighted by Crippen LogP contribution is -2.21. The molecule has 12 heteroatoms. The molecule has 4 aromatic rings. The molecule has 0 aliphatic carbocycles. The van der Waals surface area contributed by atoms with Crippen molar-refractivity contribution in [3.05, 3.63) is 59.4 Å². The maximum atomic E-state index is 11.5. The average Bonchev–Trinajstić information content (AvgIpc) is 3.14. The largest absolute Gasteiger partial charge is 0.507 e. The van der Waals surface area contributed by atoms with Crippen LogP contribution in [-0.4, -0.2) is 32.0 Å². The second kappa shape index (κ2) is 8.52. The number of benzene rings is 2. The number of H-pyrrole nitrogens is 2. The summed E-state index contributed by atoms with van der Waals surface area (Å²) in [6.07, 6.45) is 0. The Labute approximate surface area is 186 Å². The van der Waals surface area contributed by atoms with Gasteiger partial charge in [-0.15, -0.1) is 0 Å². The molecule has 0 atom stereocenters. The number of carboxylic acid groups (broad SMARTS) is 1. The number of guanidine groups is 1. The Morgan fingerprint density at radius 2 is 1.97 bits per heavy atom. The molecular formula is C21H17N8O4+. The Bertz CT molecular complexity index is 1450. The van der Waals surface area contributed by atoms with E-state index < -0.39 is 5.97 Å². The fourth-order valence-corrected chi connectivity index (χ4v) is 2.98. The minimum atomic E-state index is -1.25. The van der Waals surface area contributed by atoms with Crippen LogP contribution in [0.15, 0.2) is 47.5 Å². The molecule has 0 bridgehead atoms. The van der Waals surface area contributed by atoms with Gasteiger partial charge in [0.2, 0.25) is 0 Å². The number of aryl methyl sites for hydroxylation is 1. The lowest BCUT2D eigenvalue weighted by molar-refractivity contribution is -0.405. The van der Waals surface area contributed by atoms with E-state index in [9.17, 15) is 9.90 Å². The van der Waals surface area contributed by atoms with E-state index in [-0.39, 0.29) is 34.7 Å². The van der Waals surface area contributed by atoms with E-state index in [1.807, 2.05) is 6.07 Å². The fraction of sp³-hybridized carbons (Fsp3) is 0.0476. The van der Waals surface area contributed by atoms with Crippen molar-refractivity contribution >= 4 is 28.8 Å². The molecule has 0 aliphatic rings. The standard InChI is InChI=1S/C21H16N8O4/c1-10-25-16-17(26-10)28-21(33-13-4-2-3-12(7-13)27-20(23)24)29-18(16)32-14-6-5-11(9-22)15(8-14)19(30)31/h2-8H,1H3,(H,30,31)(H4,23,24,27)(H,25,26,28,29)/p+1. The van der Waals surface area contributed by atoms with Gasteiger partial charge in [-0.05, 0) is 37.3 Å². The Kier molecular flexibility index (Phi) is 5.44. The van der Waals surface area contributed by atoms with Gasteiger partial charge in [0.05, 0.1) is 16.8 Å². The number of nitrogens with one attached hydrogen (secondary N) is 2. The lowest BCUT2D eigenvalue weighted by atomic mass is 10.1. The molecular weight excluding hydrogens is 428 g/mol. The molecule has 2 aromatic carbocycles. The van der Waals surface area contributed by atoms with Gasteiger partial charge in [0.1, 0.15) is 23.4 Å². The Morgan fingerprint density at radius 1 is 1.18 bits per heavy atom. The van der Waals surface area contributed by atoms with E-state index in [1.165, 1.54) is 18.2 Å². The highest BCUT2D eigenvalue weighted by atomic mass is 16.5. The Morgan fingerprint density at radius 3 is 2.70 bits per heavy atom. The number of fused-ring (bicyclic) bond motifs is 1. The van der Waals surface area contributed by atoms with Gasteiger partial charge in [0, 0.05) is 11.1 Å². The lowest BCUT2D eigenvalue weighted by Gasteiger charge is -2.06. The summed E-state index contributed by atoms with van der Waals surface area (Å²) in [6.45, 7) is 1.74. The van der Waals surface area contributed by atoms with Gasteiger partial charge >= 0.3 is 23.5 Å². The number of ether oxygens (including phenoxy) is 2. The number of rotatable bonds is 6. The molecule has 0 radical (unpaired) electrons. The average molecular weight is 445 g/mol. The van der Waals surface area contributed by atoms with Gasteiger partial charge in [0.15, 0.2) is 11.5 Å². The molecule has 0 fully saturated rings. The highest BCUT2D eigenvalue weighted by molar-refractivity contribution is 5.91. The molecule has 4 rings (SSSR count). The minimum absolute atomic E-state index is 0.0146. The molecule has 0 saturated carbocycles. The first-order valence-corrected chi connectivity index (χ1v) is 9.45. The van der Waals surface area contributed by atoms with E-state index >= 15 is 0 Å². The summed E-state index contributed by atoms with van der Waals surface area (Å²) in [4.78, 5) is 30.0. The SMILES string of the molecule is Cc1nc2nc(Oc3cccc(N=C(N)N)c3)[nH+]c(Oc3ccc(C#N)c(C(=O)O)c3)c2[nH]1. The maximum Gasteiger partial charge on any atom is 0.507 e. The summed E-state index contributed by atoms with van der Waals surface area (Å²) in [7, 11) is 0. The number of carboxylic acids is 1. The Hall–Kier alpha value is -5.18. The molecule has 0 aliphatic heterocycles. The molecule has 12 nitrogen and oxygen atoms in total. The number of aromatic amines is 2. The summed E-state index contributed by atoms with van der Waals surface area (Å²) >= 11 is 0. The zero-order valence-electron chi connectivity index (χ0n) is 17.2. The molecule has 7 N–H and O–H groups in total. The number of hydrogen-bond acceptors (Lipinski definition) is 7. The van der Waals surface area contributed by atoms with Crippen molar-refractivity contribution in [3.8, 4) is 29.5 Å². The van der Waals surface area contributed by atoms with Crippen LogP contribution in [0, 0.1) is 18.3 Å². The molecule has 0 saturated heterocycles. The monoisotopic (exact) mass is 445 g/mol. The normalized spacial score (nSPS) is 10.4. The molecule has 2 aromatic heterocycles. The summed E-state index contributed by atoms with van der Waals surface area (Å²) < 4.78 is 11.7. The predicted octanol–water partition coefficient (Wildman–Crippen LogP) is 2.14. The smallest absolute Gasteiger partial charge is 0.478 e. The number of aliphatic imine (C=N–C) groups is 1. The van der Waals surface area contributed by atoms with Crippen LogP contribution >= 0.6 is 0 Å². The number of nitriles is 1. The van der Waals surface area contributed by atoms with Gasteiger partial charge in [-0.3, -0.25) is 0 Å². The van der Waals surface area contributed by atoms with Gasteiger partial charge < -0.3 is 31.0 Å². The second-order valence-electron chi connectivity index (χ2n) is 6.75. The topological polar surface area (TPSA) is 200 Å². The molecule has 0 amide bonds. The maximum absolute atomic E-state index is 11.5. The van der Waals surface area contributed by atoms with Crippen LogP contribution in [0.3, 0.4) is 0 Å². The van der Waals surface area contributed by atoms with Crippen LogP contribution in [0.4, 0.5) is 5.69 Å². The van der Waals surface area contributed by atoms with Gasteiger partial charge in [-0.2, -0.15) is 15.2 Å². The van der Waals surface area contributed by atoms with Crippen LogP contribution in [-0.2, 0) is 0 Å².